The molecule has 2 aromatic rings. The topological polar surface area (TPSA) is 12.5 Å². The van der Waals surface area contributed by atoms with E-state index in [0.717, 1.165) is 25.1 Å². The van der Waals surface area contributed by atoms with Crippen molar-refractivity contribution < 1.29 is 4.74 Å². The van der Waals surface area contributed by atoms with Crippen molar-refractivity contribution >= 4 is 11.8 Å². The summed E-state index contributed by atoms with van der Waals surface area (Å²) in [4.78, 5) is 3.79. The van der Waals surface area contributed by atoms with E-state index in [-0.39, 0.29) is 6.10 Å². The number of benzene rings is 2. The SMILES string of the molecule is CN1CCC[C@@H](O[C@@H]2c3ccccc3CSc3ccccc32)CC1. The van der Waals surface area contributed by atoms with Crippen LogP contribution in [0.2, 0.25) is 0 Å². The van der Waals surface area contributed by atoms with Gasteiger partial charge in [0.25, 0.3) is 0 Å². The van der Waals surface area contributed by atoms with Crippen LogP contribution in [0.3, 0.4) is 0 Å². The Labute approximate surface area is 149 Å². The molecule has 2 atom stereocenters. The van der Waals surface area contributed by atoms with Crippen molar-refractivity contribution in [2.24, 2.45) is 0 Å². The summed E-state index contributed by atoms with van der Waals surface area (Å²) < 4.78 is 6.75. The van der Waals surface area contributed by atoms with Crippen LogP contribution in [-0.2, 0) is 10.5 Å². The highest BCUT2D eigenvalue weighted by Gasteiger charge is 2.27. The fraction of sp³-hybridized carbons (Fsp3) is 0.429. The predicted molar refractivity (Wildman–Crippen MR) is 101 cm³/mol. The predicted octanol–water partition coefficient (Wildman–Crippen LogP) is 4.88. The summed E-state index contributed by atoms with van der Waals surface area (Å²) in [5.74, 6) is 1.03. The second-order valence-electron chi connectivity index (χ2n) is 6.90. The molecule has 0 N–H and O–H groups in total. The summed E-state index contributed by atoms with van der Waals surface area (Å²) in [6.45, 7) is 2.32. The van der Waals surface area contributed by atoms with Gasteiger partial charge in [0.1, 0.15) is 6.10 Å². The summed E-state index contributed by atoms with van der Waals surface area (Å²) in [5, 5.41) is 0. The molecular weight excluding hydrogens is 314 g/mol. The van der Waals surface area contributed by atoms with Gasteiger partial charge in [0, 0.05) is 17.2 Å². The number of ether oxygens (including phenoxy) is 1. The molecule has 4 rings (SSSR count). The van der Waals surface area contributed by atoms with Gasteiger partial charge in [0.05, 0.1) is 6.10 Å². The third-order valence-electron chi connectivity index (χ3n) is 5.15. The summed E-state index contributed by atoms with van der Waals surface area (Å²) in [5.41, 5.74) is 4.10. The molecule has 0 unspecified atom stereocenters. The second-order valence-corrected chi connectivity index (χ2v) is 7.91. The number of thioether (sulfide) groups is 1. The van der Waals surface area contributed by atoms with Gasteiger partial charge in [-0.1, -0.05) is 42.5 Å². The lowest BCUT2D eigenvalue weighted by molar-refractivity contribution is -0.000571. The van der Waals surface area contributed by atoms with E-state index in [1.807, 2.05) is 11.8 Å². The first-order valence-electron chi connectivity index (χ1n) is 8.95. The summed E-state index contributed by atoms with van der Waals surface area (Å²) >= 11 is 1.93. The first kappa shape index (κ1) is 16.2. The number of hydrogen-bond donors (Lipinski definition) is 0. The molecule has 0 saturated carbocycles. The number of likely N-dealkylation sites (tertiary alicyclic amines) is 1. The van der Waals surface area contributed by atoms with Crippen molar-refractivity contribution in [1.29, 1.82) is 0 Å². The standard InChI is InChI=1S/C21H25NOS/c1-22-13-6-8-17(12-14-22)23-21-18-9-3-2-7-16(18)15-24-20-11-5-4-10-19(20)21/h2-5,7,9-11,17,21H,6,8,12-15H2,1H3/t17-,21-/m1/s1. The van der Waals surface area contributed by atoms with Gasteiger partial charge in [-0.25, -0.2) is 0 Å². The van der Waals surface area contributed by atoms with Gasteiger partial charge in [-0.15, -0.1) is 11.8 Å². The van der Waals surface area contributed by atoms with Crippen LogP contribution < -0.4 is 0 Å². The molecule has 1 saturated heterocycles. The van der Waals surface area contributed by atoms with E-state index >= 15 is 0 Å². The molecule has 2 aromatic carbocycles. The number of rotatable bonds is 2. The Morgan fingerprint density at radius 2 is 1.75 bits per heavy atom. The van der Waals surface area contributed by atoms with Gasteiger partial charge in [0.2, 0.25) is 0 Å². The van der Waals surface area contributed by atoms with Crippen LogP contribution >= 0.6 is 11.8 Å². The Kier molecular flexibility index (Phi) is 4.93. The van der Waals surface area contributed by atoms with Crippen molar-refractivity contribution in [2.75, 3.05) is 20.1 Å². The van der Waals surface area contributed by atoms with Crippen LogP contribution in [0.5, 0.6) is 0 Å². The molecule has 1 fully saturated rings. The van der Waals surface area contributed by atoms with Crippen LogP contribution in [0.4, 0.5) is 0 Å². The molecule has 2 nitrogen and oxygen atoms in total. The zero-order valence-corrected chi connectivity index (χ0v) is 15.1. The third kappa shape index (κ3) is 3.39. The van der Waals surface area contributed by atoms with Crippen molar-refractivity contribution in [3.63, 3.8) is 0 Å². The van der Waals surface area contributed by atoms with E-state index < -0.39 is 0 Å². The van der Waals surface area contributed by atoms with Gasteiger partial charge < -0.3 is 9.64 Å². The zero-order chi connectivity index (χ0) is 16.4. The van der Waals surface area contributed by atoms with E-state index in [1.54, 1.807) is 0 Å². The van der Waals surface area contributed by atoms with Crippen LogP contribution in [-0.4, -0.2) is 31.1 Å². The summed E-state index contributed by atoms with van der Waals surface area (Å²) in [6, 6.07) is 17.6. The molecule has 3 heteroatoms. The van der Waals surface area contributed by atoms with Crippen LogP contribution in [0.15, 0.2) is 53.4 Å². The first-order valence-corrected chi connectivity index (χ1v) is 9.93. The third-order valence-corrected chi connectivity index (χ3v) is 6.29. The maximum Gasteiger partial charge on any atom is 0.109 e. The molecule has 2 aliphatic heterocycles. The summed E-state index contributed by atoms with van der Waals surface area (Å²) in [6.07, 6.45) is 3.94. The Hall–Kier alpha value is -1.29. The number of hydrogen-bond acceptors (Lipinski definition) is 3. The first-order chi connectivity index (χ1) is 11.8. The van der Waals surface area contributed by atoms with Crippen molar-refractivity contribution in [3.8, 4) is 0 Å². The highest BCUT2D eigenvalue weighted by Crippen LogP contribution is 2.42. The second kappa shape index (κ2) is 7.30. The van der Waals surface area contributed by atoms with Crippen molar-refractivity contribution in [1.82, 2.24) is 4.90 Å². The molecule has 0 radical (unpaired) electrons. The van der Waals surface area contributed by atoms with E-state index in [1.165, 1.54) is 34.6 Å². The van der Waals surface area contributed by atoms with Crippen molar-refractivity contribution in [3.05, 3.63) is 65.2 Å². The Morgan fingerprint density at radius 1 is 0.958 bits per heavy atom. The van der Waals surface area contributed by atoms with Crippen LogP contribution in [0.1, 0.15) is 42.1 Å². The fourth-order valence-corrected chi connectivity index (χ4v) is 4.85. The van der Waals surface area contributed by atoms with Crippen LogP contribution in [0.25, 0.3) is 0 Å². The molecule has 0 bridgehead atoms. The van der Waals surface area contributed by atoms with E-state index in [2.05, 4.69) is 60.5 Å². The van der Waals surface area contributed by atoms with E-state index in [0.29, 0.717) is 6.10 Å². The summed E-state index contributed by atoms with van der Waals surface area (Å²) in [7, 11) is 2.22. The average Bonchev–Trinajstić information content (AvgIpc) is 2.91. The fourth-order valence-electron chi connectivity index (χ4n) is 3.76. The van der Waals surface area contributed by atoms with Gasteiger partial charge in [0.15, 0.2) is 0 Å². The highest BCUT2D eigenvalue weighted by atomic mass is 32.2. The Balaban J connectivity index is 1.67. The van der Waals surface area contributed by atoms with Gasteiger partial charge in [-0.2, -0.15) is 0 Å². The lowest BCUT2D eigenvalue weighted by Crippen LogP contribution is -2.22. The molecular formula is C21H25NOS. The molecule has 126 valence electrons. The minimum atomic E-state index is 0.0702. The lowest BCUT2D eigenvalue weighted by atomic mass is 9.97. The van der Waals surface area contributed by atoms with E-state index in [9.17, 15) is 0 Å². The zero-order valence-electron chi connectivity index (χ0n) is 14.3. The molecule has 24 heavy (non-hydrogen) atoms. The molecule has 2 aliphatic rings. The van der Waals surface area contributed by atoms with Gasteiger partial charge >= 0.3 is 0 Å². The largest absolute Gasteiger partial charge is 0.365 e. The maximum absolute atomic E-state index is 6.75. The quantitative estimate of drug-likeness (QED) is 0.773. The molecule has 0 aromatic heterocycles. The minimum absolute atomic E-state index is 0.0702. The Morgan fingerprint density at radius 3 is 2.67 bits per heavy atom. The Bertz CT molecular complexity index is 654. The van der Waals surface area contributed by atoms with E-state index in [4.69, 9.17) is 4.74 Å². The van der Waals surface area contributed by atoms with Gasteiger partial charge in [-0.3, -0.25) is 0 Å². The number of nitrogens with zero attached hydrogens (tertiary/aromatic N) is 1. The van der Waals surface area contributed by atoms with Crippen LogP contribution in [0, 0.1) is 0 Å². The van der Waals surface area contributed by atoms with Crippen molar-refractivity contribution in [2.45, 2.75) is 42.1 Å². The normalized spacial score (nSPS) is 24.5. The minimum Gasteiger partial charge on any atom is -0.365 e. The maximum atomic E-state index is 6.75. The molecule has 0 amide bonds. The lowest BCUT2D eigenvalue weighted by Gasteiger charge is -2.26. The highest BCUT2D eigenvalue weighted by molar-refractivity contribution is 7.98. The average molecular weight is 340 g/mol. The molecule has 0 aliphatic carbocycles. The smallest absolute Gasteiger partial charge is 0.109 e. The molecule has 0 spiro atoms. The van der Waals surface area contributed by atoms with Gasteiger partial charge in [-0.05, 0) is 55.6 Å². The monoisotopic (exact) mass is 339 g/mol. The molecule has 2 heterocycles. The number of fused-ring (bicyclic) bond motifs is 2.